The summed E-state index contributed by atoms with van der Waals surface area (Å²) in [4.78, 5) is 1.70. The first-order valence-corrected chi connectivity index (χ1v) is 2.58. The normalized spacial score (nSPS) is 11.1. The summed E-state index contributed by atoms with van der Waals surface area (Å²) in [7, 11) is 7.20. The van der Waals surface area contributed by atoms with E-state index in [-0.39, 0.29) is 0 Å². The maximum Gasteiger partial charge on any atom is 0.0435 e. The standard InChI is InChI=1S/C6H13N/c1-6(2)5-7(3)4/h3,6H,5H2,1-2,4H3. The minimum atomic E-state index is 0.676. The van der Waals surface area contributed by atoms with Crippen molar-refractivity contribution >= 4 is 0 Å². The van der Waals surface area contributed by atoms with Gasteiger partial charge in [-0.1, -0.05) is 13.8 Å². The zero-order valence-electron chi connectivity index (χ0n) is 5.31. The van der Waals surface area contributed by atoms with E-state index in [9.17, 15) is 0 Å². The summed E-state index contributed by atoms with van der Waals surface area (Å²) in [6, 6.07) is 0. The van der Waals surface area contributed by atoms with Crippen LogP contribution in [0.4, 0.5) is 0 Å². The Morgan fingerprint density at radius 3 is 2.00 bits per heavy atom. The van der Waals surface area contributed by atoms with Crippen molar-refractivity contribution in [2.24, 2.45) is 5.92 Å². The number of nitrogens with zero attached hydrogens (tertiary/aromatic N) is 1. The van der Waals surface area contributed by atoms with Gasteiger partial charge < -0.3 is 0 Å². The van der Waals surface area contributed by atoms with E-state index in [1.807, 2.05) is 7.05 Å². The Labute approximate surface area is 46.3 Å². The van der Waals surface area contributed by atoms with E-state index in [1.54, 1.807) is 4.90 Å². The van der Waals surface area contributed by atoms with Crippen molar-refractivity contribution in [2.75, 3.05) is 13.6 Å². The Morgan fingerprint density at radius 2 is 2.00 bits per heavy atom. The van der Waals surface area contributed by atoms with E-state index < -0.39 is 0 Å². The zero-order chi connectivity index (χ0) is 5.86. The van der Waals surface area contributed by atoms with Gasteiger partial charge >= 0.3 is 0 Å². The van der Waals surface area contributed by atoms with Crippen molar-refractivity contribution in [1.29, 1.82) is 0 Å². The molecule has 0 N–H and O–H groups in total. The quantitative estimate of drug-likeness (QED) is 0.471. The predicted octanol–water partition coefficient (Wildman–Crippen LogP) is 1.24. The Balaban J connectivity index is 2.95. The summed E-state index contributed by atoms with van der Waals surface area (Å²) in [5, 5.41) is 0. The minimum absolute atomic E-state index is 0.676. The maximum atomic E-state index is 5.33. The van der Waals surface area contributed by atoms with Crippen LogP contribution in [0, 0.1) is 13.0 Å². The van der Waals surface area contributed by atoms with E-state index in [0.29, 0.717) is 5.92 Å². The van der Waals surface area contributed by atoms with Crippen molar-refractivity contribution < 1.29 is 0 Å². The molecular weight excluding hydrogens is 86.1 g/mol. The molecule has 0 aromatic rings. The van der Waals surface area contributed by atoms with Crippen molar-refractivity contribution in [3.63, 3.8) is 0 Å². The molecule has 42 valence electrons. The van der Waals surface area contributed by atoms with Gasteiger partial charge in [0.25, 0.3) is 0 Å². The van der Waals surface area contributed by atoms with Crippen molar-refractivity contribution in [1.82, 2.24) is 4.90 Å². The van der Waals surface area contributed by atoms with Crippen LogP contribution in [0.3, 0.4) is 0 Å². The molecule has 0 unspecified atom stereocenters. The average Bonchev–Trinajstić information content (AvgIpc) is 1.27. The molecule has 0 spiro atoms. The van der Waals surface area contributed by atoms with Crippen LogP contribution in [-0.2, 0) is 0 Å². The lowest BCUT2D eigenvalue weighted by Gasteiger charge is -2.10. The van der Waals surface area contributed by atoms with Crippen molar-refractivity contribution in [3.05, 3.63) is 7.05 Å². The van der Waals surface area contributed by atoms with Gasteiger partial charge in [0.1, 0.15) is 0 Å². The van der Waals surface area contributed by atoms with E-state index in [0.717, 1.165) is 6.54 Å². The smallest absolute Gasteiger partial charge is 0.0435 e. The van der Waals surface area contributed by atoms with Gasteiger partial charge in [-0.2, -0.15) is 0 Å². The summed E-state index contributed by atoms with van der Waals surface area (Å²) in [6.45, 7) is 5.26. The second-order valence-corrected chi connectivity index (χ2v) is 2.33. The Kier molecular flexibility index (Phi) is 3.01. The fourth-order valence-corrected chi connectivity index (χ4v) is 0.576. The second kappa shape index (κ2) is 3.03. The Morgan fingerprint density at radius 1 is 1.57 bits per heavy atom. The molecule has 1 nitrogen and oxygen atoms in total. The molecule has 0 rings (SSSR count). The lowest BCUT2D eigenvalue weighted by Crippen LogP contribution is -2.15. The SMILES string of the molecule is [CH]N(C)CC(C)C. The second-order valence-electron chi connectivity index (χ2n) is 2.33. The number of hydrogen-bond donors (Lipinski definition) is 0. The topological polar surface area (TPSA) is 3.24 Å². The molecule has 0 saturated carbocycles. The Bertz CT molecular complexity index is 33.4. The van der Waals surface area contributed by atoms with Crippen LogP contribution in [0.1, 0.15) is 13.8 Å². The van der Waals surface area contributed by atoms with E-state index in [1.165, 1.54) is 0 Å². The van der Waals surface area contributed by atoms with Crippen LogP contribution in [0.25, 0.3) is 0 Å². The molecule has 0 aliphatic rings. The lowest BCUT2D eigenvalue weighted by atomic mass is 10.2. The summed E-state index contributed by atoms with van der Waals surface area (Å²) in [6.07, 6.45) is 0. The lowest BCUT2D eigenvalue weighted by molar-refractivity contribution is 0.385. The van der Waals surface area contributed by atoms with Gasteiger partial charge in [0.15, 0.2) is 0 Å². The van der Waals surface area contributed by atoms with Crippen LogP contribution in [0.5, 0.6) is 0 Å². The summed E-state index contributed by atoms with van der Waals surface area (Å²) >= 11 is 0. The molecule has 0 aliphatic carbocycles. The highest BCUT2D eigenvalue weighted by Crippen LogP contribution is 1.91. The summed E-state index contributed by atoms with van der Waals surface area (Å²) in [5.41, 5.74) is 0. The molecule has 0 amide bonds. The number of hydrogen-bond acceptors (Lipinski definition) is 1. The van der Waals surface area contributed by atoms with Crippen LogP contribution in [0.15, 0.2) is 0 Å². The highest BCUT2D eigenvalue weighted by molar-refractivity contribution is 4.49. The fourth-order valence-electron chi connectivity index (χ4n) is 0.576. The van der Waals surface area contributed by atoms with Crippen LogP contribution < -0.4 is 0 Å². The highest BCUT2D eigenvalue weighted by Gasteiger charge is 1.92. The monoisotopic (exact) mass is 99.1 g/mol. The van der Waals surface area contributed by atoms with Gasteiger partial charge in [-0.05, 0) is 13.0 Å². The third-order valence-electron chi connectivity index (χ3n) is 0.653. The molecule has 7 heavy (non-hydrogen) atoms. The average molecular weight is 99.2 g/mol. The summed E-state index contributed by atoms with van der Waals surface area (Å²) in [5.74, 6) is 0.676. The van der Waals surface area contributed by atoms with Gasteiger partial charge in [0.2, 0.25) is 0 Å². The van der Waals surface area contributed by atoms with Gasteiger partial charge in [0.05, 0.1) is 0 Å². The first-order valence-electron chi connectivity index (χ1n) is 2.58. The van der Waals surface area contributed by atoms with Gasteiger partial charge in [-0.15, -0.1) is 0 Å². The molecule has 0 heterocycles. The maximum absolute atomic E-state index is 5.33. The molecule has 0 aliphatic heterocycles. The number of rotatable bonds is 2. The molecule has 0 aromatic heterocycles. The van der Waals surface area contributed by atoms with Gasteiger partial charge in [-0.3, -0.25) is 4.90 Å². The Hall–Kier alpha value is -0.0400. The third-order valence-corrected chi connectivity index (χ3v) is 0.653. The molecule has 0 fully saturated rings. The van der Waals surface area contributed by atoms with E-state index in [4.69, 9.17) is 7.05 Å². The first-order chi connectivity index (χ1) is 3.13. The molecule has 0 saturated heterocycles. The molecular formula is C6H13N. The minimum Gasteiger partial charge on any atom is -0.300 e. The van der Waals surface area contributed by atoms with Crippen LogP contribution in [0.2, 0.25) is 0 Å². The molecule has 0 atom stereocenters. The van der Waals surface area contributed by atoms with E-state index >= 15 is 0 Å². The van der Waals surface area contributed by atoms with E-state index in [2.05, 4.69) is 13.8 Å². The van der Waals surface area contributed by atoms with Crippen molar-refractivity contribution in [2.45, 2.75) is 13.8 Å². The third kappa shape index (κ3) is 5.96. The molecule has 0 bridgehead atoms. The van der Waals surface area contributed by atoms with Crippen molar-refractivity contribution in [3.8, 4) is 0 Å². The van der Waals surface area contributed by atoms with Crippen LogP contribution >= 0.6 is 0 Å². The zero-order valence-corrected chi connectivity index (χ0v) is 5.31. The van der Waals surface area contributed by atoms with Crippen LogP contribution in [-0.4, -0.2) is 18.5 Å². The van der Waals surface area contributed by atoms with Gasteiger partial charge in [0, 0.05) is 13.6 Å². The largest absolute Gasteiger partial charge is 0.300 e. The summed E-state index contributed by atoms with van der Waals surface area (Å²) < 4.78 is 0. The molecule has 2 radical (unpaired) electrons. The first kappa shape index (κ1) is 6.96. The fraction of sp³-hybridized carbons (Fsp3) is 0.833. The molecule has 1 heteroatoms. The predicted molar refractivity (Wildman–Crippen MR) is 31.8 cm³/mol. The van der Waals surface area contributed by atoms with Gasteiger partial charge in [-0.25, -0.2) is 0 Å². The highest BCUT2D eigenvalue weighted by atomic mass is 15.0. The molecule has 0 aromatic carbocycles.